The molecule has 3 heteroatoms. The van der Waals surface area contributed by atoms with Gasteiger partial charge in [-0.2, -0.15) is 0 Å². The number of rotatable bonds is 2. The van der Waals surface area contributed by atoms with E-state index in [1.165, 1.54) is 0 Å². The van der Waals surface area contributed by atoms with Crippen molar-refractivity contribution in [2.24, 2.45) is 5.73 Å². The molecule has 2 aromatic carbocycles. The summed E-state index contributed by atoms with van der Waals surface area (Å²) in [4.78, 5) is 0. The lowest BCUT2D eigenvalue weighted by Gasteiger charge is -2.08. The van der Waals surface area contributed by atoms with Gasteiger partial charge >= 0.3 is 0 Å². The SMILES string of the molecule is NCc1c(F)c2ccccc2n1-c1ccccc1. The van der Waals surface area contributed by atoms with Crippen molar-refractivity contribution >= 4 is 10.9 Å². The van der Waals surface area contributed by atoms with Crippen LogP contribution in [0.5, 0.6) is 0 Å². The van der Waals surface area contributed by atoms with E-state index in [2.05, 4.69) is 0 Å². The molecule has 18 heavy (non-hydrogen) atoms. The van der Waals surface area contributed by atoms with Crippen LogP contribution in [0, 0.1) is 5.82 Å². The third kappa shape index (κ3) is 1.52. The topological polar surface area (TPSA) is 30.9 Å². The molecule has 1 heterocycles. The summed E-state index contributed by atoms with van der Waals surface area (Å²) in [5.74, 6) is -0.225. The van der Waals surface area contributed by atoms with Gasteiger partial charge in [-0.15, -0.1) is 0 Å². The predicted molar refractivity (Wildman–Crippen MR) is 71.1 cm³/mol. The zero-order chi connectivity index (χ0) is 12.5. The normalized spacial score (nSPS) is 11.0. The quantitative estimate of drug-likeness (QED) is 0.732. The number of benzene rings is 2. The molecule has 0 amide bonds. The van der Waals surface area contributed by atoms with Gasteiger partial charge in [-0.25, -0.2) is 4.39 Å². The number of nitrogens with two attached hydrogens (primary N) is 1. The van der Waals surface area contributed by atoms with Crippen LogP contribution in [0.15, 0.2) is 54.6 Å². The highest BCUT2D eigenvalue weighted by atomic mass is 19.1. The molecule has 0 aliphatic heterocycles. The van der Waals surface area contributed by atoms with Crippen LogP contribution in [0.25, 0.3) is 16.6 Å². The number of nitrogens with zero attached hydrogens (tertiary/aromatic N) is 1. The van der Waals surface area contributed by atoms with Crippen molar-refractivity contribution in [3.05, 3.63) is 66.1 Å². The Morgan fingerprint density at radius 1 is 0.944 bits per heavy atom. The third-order valence-electron chi connectivity index (χ3n) is 3.11. The minimum Gasteiger partial charge on any atom is -0.325 e. The van der Waals surface area contributed by atoms with Crippen LogP contribution in [0.1, 0.15) is 5.69 Å². The smallest absolute Gasteiger partial charge is 0.153 e. The first-order valence-corrected chi connectivity index (χ1v) is 5.86. The fourth-order valence-electron chi connectivity index (χ4n) is 2.31. The van der Waals surface area contributed by atoms with Crippen LogP contribution in [0.4, 0.5) is 4.39 Å². The van der Waals surface area contributed by atoms with Gasteiger partial charge in [0.25, 0.3) is 0 Å². The molecule has 3 aromatic rings. The maximum absolute atomic E-state index is 14.3. The first-order valence-electron chi connectivity index (χ1n) is 5.86. The number of halogens is 1. The van der Waals surface area contributed by atoms with Gasteiger partial charge in [0.15, 0.2) is 5.82 Å². The molecule has 0 radical (unpaired) electrons. The van der Waals surface area contributed by atoms with Gasteiger partial charge in [0.1, 0.15) is 0 Å². The van der Waals surface area contributed by atoms with Crippen molar-refractivity contribution < 1.29 is 4.39 Å². The van der Waals surface area contributed by atoms with Crippen molar-refractivity contribution in [2.45, 2.75) is 6.54 Å². The monoisotopic (exact) mass is 240 g/mol. The fraction of sp³-hybridized carbons (Fsp3) is 0.0667. The van der Waals surface area contributed by atoms with Crippen molar-refractivity contribution in [1.29, 1.82) is 0 Å². The lowest BCUT2D eigenvalue weighted by atomic mass is 10.2. The van der Waals surface area contributed by atoms with Crippen molar-refractivity contribution in [3.63, 3.8) is 0 Å². The maximum atomic E-state index is 14.3. The molecule has 0 unspecified atom stereocenters. The van der Waals surface area contributed by atoms with Crippen molar-refractivity contribution in [1.82, 2.24) is 4.57 Å². The third-order valence-corrected chi connectivity index (χ3v) is 3.11. The average Bonchev–Trinajstić information content (AvgIpc) is 2.73. The Bertz CT molecular complexity index is 686. The van der Waals surface area contributed by atoms with Gasteiger partial charge in [0.2, 0.25) is 0 Å². The highest BCUT2D eigenvalue weighted by Gasteiger charge is 2.16. The summed E-state index contributed by atoms with van der Waals surface area (Å²) in [6.45, 7) is 0.176. The molecule has 0 atom stereocenters. The van der Waals surface area contributed by atoms with Crippen LogP contribution in [-0.4, -0.2) is 4.57 Å². The van der Waals surface area contributed by atoms with Crippen LogP contribution in [0.2, 0.25) is 0 Å². The molecule has 0 spiro atoms. The van der Waals surface area contributed by atoms with E-state index in [-0.39, 0.29) is 12.4 Å². The number of para-hydroxylation sites is 2. The molecule has 0 fully saturated rings. The number of hydrogen-bond donors (Lipinski definition) is 1. The Morgan fingerprint density at radius 3 is 2.33 bits per heavy atom. The number of aromatic nitrogens is 1. The van der Waals surface area contributed by atoms with E-state index in [1.54, 1.807) is 6.07 Å². The minimum atomic E-state index is -0.225. The predicted octanol–water partition coefficient (Wildman–Crippen LogP) is 3.23. The molecular weight excluding hydrogens is 227 g/mol. The van der Waals surface area contributed by atoms with Crippen molar-refractivity contribution in [3.8, 4) is 5.69 Å². The van der Waals surface area contributed by atoms with Gasteiger partial charge in [0, 0.05) is 17.6 Å². The summed E-state index contributed by atoms with van der Waals surface area (Å²) < 4.78 is 16.2. The lowest BCUT2D eigenvalue weighted by molar-refractivity contribution is 0.614. The van der Waals surface area contributed by atoms with Crippen LogP contribution < -0.4 is 5.73 Å². The largest absolute Gasteiger partial charge is 0.325 e. The highest BCUT2D eigenvalue weighted by Crippen LogP contribution is 2.27. The van der Waals surface area contributed by atoms with Crippen LogP contribution in [0.3, 0.4) is 0 Å². The zero-order valence-electron chi connectivity index (χ0n) is 9.81. The molecule has 0 saturated heterocycles. The Labute approximate surface area is 104 Å². The molecule has 0 saturated carbocycles. The Hall–Kier alpha value is -2.13. The van der Waals surface area contributed by atoms with Gasteiger partial charge < -0.3 is 10.3 Å². The molecule has 3 rings (SSSR count). The van der Waals surface area contributed by atoms with Crippen LogP contribution >= 0.6 is 0 Å². The fourth-order valence-corrected chi connectivity index (χ4v) is 2.31. The second-order valence-corrected chi connectivity index (χ2v) is 4.15. The first kappa shape index (κ1) is 11.0. The van der Waals surface area contributed by atoms with E-state index in [1.807, 2.05) is 53.1 Å². The van der Waals surface area contributed by atoms with Gasteiger partial charge in [0.05, 0.1) is 11.2 Å². The molecule has 0 aliphatic carbocycles. The highest BCUT2D eigenvalue weighted by molar-refractivity contribution is 5.84. The van der Waals surface area contributed by atoms with E-state index in [0.29, 0.717) is 11.1 Å². The molecule has 90 valence electrons. The van der Waals surface area contributed by atoms with Gasteiger partial charge in [-0.05, 0) is 24.3 Å². The van der Waals surface area contributed by atoms with E-state index < -0.39 is 0 Å². The second-order valence-electron chi connectivity index (χ2n) is 4.15. The van der Waals surface area contributed by atoms with Crippen molar-refractivity contribution in [2.75, 3.05) is 0 Å². The Balaban J connectivity index is 2.41. The molecule has 1 aromatic heterocycles. The zero-order valence-corrected chi connectivity index (χ0v) is 9.81. The summed E-state index contributed by atoms with van der Waals surface area (Å²) in [5.41, 5.74) is 7.99. The van der Waals surface area contributed by atoms with E-state index >= 15 is 0 Å². The lowest BCUT2D eigenvalue weighted by Crippen LogP contribution is -2.06. The number of fused-ring (bicyclic) bond motifs is 1. The summed E-state index contributed by atoms with van der Waals surface area (Å²) in [6.07, 6.45) is 0. The standard InChI is InChI=1S/C15H13FN2/c16-15-12-8-4-5-9-13(12)18(14(15)10-17)11-6-2-1-3-7-11/h1-9H,10,17H2. The minimum absolute atomic E-state index is 0.176. The summed E-state index contributed by atoms with van der Waals surface area (Å²) in [7, 11) is 0. The maximum Gasteiger partial charge on any atom is 0.153 e. The van der Waals surface area contributed by atoms with Gasteiger partial charge in [-0.3, -0.25) is 0 Å². The molecule has 0 bridgehead atoms. The second kappa shape index (κ2) is 4.27. The number of hydrogen-bond acceptors (Lipinski definition) is 1. The Morgan fingerprint density at radius 2 is 1.61 bits per heavy atom. The van der Waals surface area contributed by atoms with E-state index in [0.717, 1.165) is 11.2 Å². The summed E-state index contributed by atoms with van der Waals surface area (Å²) in [6, 6.07) is 17.1. The average molecular weight is 240 g/mol. The summed E-state index contributed by atoms with van der Waals surface area (Å²) >= 11 is 0. The van der Waals surface area contributed by atoms with Gasteiger partial charge in [-0.1, -0.05) is 30.3 Å². The van der Waals surface area contributed by atoms with E-state index in [4.69, 9.17) is 5.73 Å². The Kier molecular flexibility index (Phi) is 2.61. The molecule has 0 aliphatic rings. The first-order chi connectivity index (χ1) is 8.83. The molecular formula is C15H13FN2. The molecule has 2 N–H and O–H groups in total. The summed E-state index contributed by atoms with van der Waals surface area (Å²) in [5, 5.41) is 0.613. The molecule has 2 nitrogen and oxygen atoms in total. The van der Waals surface area contributed by atoms with Crippen LogP contribution in [-0.2, 0) is 6.54 Å². The van der Waals surface area contributed by atoms with E-state index in [9.17, 15) is 4.39 Å².